The number of nitrogens with zero attached hydrogens (tertiary/aromatic N) is 5. The molecule has 0 saturated carbocycles. The molecule has 3 aromatic heterocycles. The number of aromatic amines is 1. The van der Waals surface area contributed by atoms with Gasteiger partial charge in [0.2, 0.25) is 0 Å². The first-order valence-electron chi connectivity index (χ1n) is 11.5. The molecule has 0 spiro atoms. The molecule has 11 nitrogen and oxygen atoms in total. The molecule has 0 aromatic carbocycles. The summed E-state index contributed by atoms with van der Waals surface area (Å²) in [5.74, 6) is 1.21. The molecule has 3 heterocycles. The number of nitrogens with one attached hydrogen (secondary N) is 1. The Labute approximate surface area is 191 Å². The molecule has 0 radical (unpaired) electrons. The van der Waals surface area contributed by atoms with Crippen molar-refractivity contribution in [2.24, 2.45) is 5.92 Å². The molecular formula is C22H32N6O5. The number of hydrogen-bond donors (Lipinski definition) is 1. The highest BCUT2D eigenvalue weighted by atomic mass is 16.6. The lowest BCUT2D eigenvalue weighted by Crippen LogP contribution is -2.31. The van der Waals surface area contributed by atoms with Crippen LogP contribution in [0.1, 0.15) is 70.9 Å². The Morgan fingerprint density at radius 1 is 1.12 bits per heavy atom. The number of carbonyl (C=O) groups excluding carboxylic acids is 1. The number of aryl methyl sites for hydroxylation is 3. The lowest BCUT2D eigenvalue weighted by atomic mass is 10.2. The number of unbranched alkanes of at least 4 members (excludes halogenated alkanes) is 1. The van der Waals surface area contributed by atoms with E-state index in [0.29, 0.717) is 42.3 Å². The summed E-state index contributed by atoms with van der Waals surface area (Å²) in [6, 6.07) is 0. The maximum absolute atomic E-state index is 12.6. The fourth-order valence-electron chi connectivity index (χ4n) is 3.60. The van der Waals surface area contributed by atoms with Gasteiger partial charge in [-0.2, -0.15) is 4.98 Å². The van der Waals surface area contributed by atoms with Crippen molar-refractivity contribution in [3.05, 3.63) is 38.4 Å². The van der Waals surface area contributed by atoms with E-state index in [2.05, 4.69) is 20.1 Å². The highest BCUT2D eigenvalue weighted by Crippen LogP contribution is 2.16. The Morgan fingerprint density at radius 3 is 2.61 bits per heavy atom. The third-order valence-electron chi connectivity index (χ3n) is 5.14. The predicted octanol–water partition coefficient (Wildman–Crippen LogP) is 2.35. The third-order valence-corrected chi connectivity index (χ3v) is 5.14. The first-order chi connectivity index (χ1) is 15.8. The molecule has 0 amide bonds. The summed E-state index contributed by atoms with van der Waals surface area (Å²) in [6.45, 7) is 9.02. The molecule has 3 aromatic rings. The summed E-state index contributed by atoms with van der Waals surface area (Å²) in [7, 11) is 0. The third kappa shape index (κ3) is 5.96. The molecular weight excluding hydrogens is 428 g/mol. The quantitative estimate of drug-likeness (QED) is 0.407. The van der Waals surface area contributed by atoms with Crippen LogP contribution in [-0.2, 0) is 42.1 Å². The summed E-state index contributed by atoms with van der Waals surface area (Å²) in [5.41, 5.74) is -0.222. The first kappa shape index (κ1) is 24.4. The SMILES string of the molecule is CCCCn1c(=O)[nH]c(=O)c2c1nc(CCC(=O)OCc1nc(CCC)no1)n2CC(C)C. The van der Waals surface area contributed by atoms with Crippen molar-refractivity contribution in [1.29, 1.82) is 0 Å². The Balaban J connectivity index is 1.79. The zero-order valence-electron chi connectivity index (χ0n) is 19.7. The van der Waals surface area contributed by atoms with E-state index in [1.54, 1.807) is 0 Å². The number of esters is 1. The summed E-state index contributed by atoms with van der Waals surface area (Å²) >= 11 is 0. The fraction of sp³-hybridized carbons (Fsp3) is 0.636. The van der Waals surface area contributed by atoms with Crippen LogP contribution in [0.25, 0.3) is 11.2 Å². The van der Waals surface area contributed by atoms with Crippen molar-refractivity contribution in [2.75, 3.05) is 0 Å². The summed E-state index contributed by atoms with van der Waals surface area (Å²) in [4.78, 5) is 48.6. The Hall–Kier alpha value is -3.24. The maximum Gasteiger partial charge on any atom is 0.330 e. The minimum Gasteiger partial charge on any atom is -0.456 e. The van der Waals surface area contributed by atoms with E-state index in [4.69, 9.17) is 9.26 Å². The molecule has 0 aliphatic carbocycles. The molecule has 0 bridgehead atoms. The fourth-order valence-corrected chi connectivity index (χ4v) is 3.60. The largest absolute Gasteiger partial charge is 0.456 e. The molecule has 180 valence electrons. The minimum absolute atomic E-state index is 0.0640. The molecule has 0 aliphatic heterocycles. The van der Waals surface area contributed by atoms with Crippen LogP contribution in [0.15, 0.2) is 14.1 Å². The number of hydrogen-bond acceptors (Lipinski definition) is 8. The smallest absolute Gasteiger partial charge is 0.330 e. The summed E-state index contributed by atoms with van der Waals surface area (Å²) < 4.78 is 13.6. The number of carbonyl (C=O) groups is 1. The van der Waals surface area contributed by atoms with E-state index in [1.165, 1.54) is 4.57 Å². The van der Waals surface area contributed by atoms with Crippen LogP contribution in [0, 0.1) is 5.92 Å². The van der Waals surface area contributed by atoms with Crippen LogP contribution in [0.3, 0.4) is 0 Å². The molecule has 1 N–H and O–H groups in total. The van der Waals surface area contributed by atoms with Gasteiger partial charge in [-0.1, -0.05) is 39.3 Å². The molecule has 0 saturated heterocycles. The van der Waals surface area contributed by atoms with Gasteiger partial charge in [0, 0.05) is 25.9 Å². The van der Waals surface area contributed by atoms with Gasteiger partial charge < -0.3 is 13.8 Å². The second-order valence-electron chi connectivity index (χ2n) is 8.48. The molecule has 3 rings (SSSR count). The van der Waals surface area contributed by atoms with E-state index >= 15 is 0 Å². The lowest BCUT2D eigenvalue weighted by molar-refractivity contribution is -0.145. The molecule has 0 aliphatic rings. The first-order valence-corrected chi connectivity index (χ1v) is 11.5. The highest BCUT2D eigenvalue weighted by Gasteiger charge is 2.20. The van der Waals surface area contributed by atoms with Crippen LogP contribution in [0.5, 0.6) is 0 Å². The van der Waals surface area contributed by atoms with E-state index < -0.39 is 17.2 Å². The number of imidazole rings is 1. The number of H-pyrrole nitrogens is 1. The van der Waals surface area contributed by atoms with Crippen molar-refractivity contribution in [2.45, 2.75) is 85.9 Å². The van der Waals surface area contributed by atoms with E-state index in [1.807, 2.05) is 32.3 Å². The normalized spacial score (nSPS) is 11.5. The molecule has 0 atom stereocenters. The number of fused-ring (bicyclic) bond motifs is 1. The predicted molar refractivity (Wildman–Crippen MR) is 121 cm³/mol. The van der Waals surface area contributed by atoms with Gasteiger partial charge in [0.05, 0.1) is 6.42 Å². The maximum atomic E-state index is 12.6. The van der Waals surface area contributed by atoms with Crippen LogP contribution in [0.2, 0.25) is 0 Å². The monoisotopic (exact) mass is 460 g/mol. The number of rotatable bonds is 12. The van der Waals surface area contributed by atoms with Crippen molar-refractivity contribution in [3.8, 4) is 0 Å². The topological polar surface area (TPSA) is 138 Å². The van der Waals surface area contributed by atoms with Crippen LogP contribution in [0.4, 0.5) is 0 Å². The Morgan fingerprint density at radius 2 is 1.91 bits per heavy atom. The van der Waals surface area contributed by atoms with Gasteiger partial charge >= 0.3 is 11.7 Å². The van der Waals surface area contributed by atoms with Crippen molar-refractivity contribution >= 4 is 17.1 Å². The second kappa shape index (κ2) is 11.1. The zero-order valence-corrected chi connectivity index (χ0v) is 19.7. The molecule has 33 heavy (non-hydrogen) atoms. The van der Waals surface area contributed by atoms with E-state index in [-0.39, 0.29) is 31.3 Å². The Bertz CT molecular complexity index is 1200. The van der Waals surface area contributed by atoms with Crippen molar-refractivity contribution in [3.63, 3.8) is 0 Å². The van der Waals surface area contributed by atoms with Gasteiger partial charge in [-0.15, -0.1) is 0 Å². The van der Waals surface area contributed by atoms with Gasteiger partial charge in [-0.05, 0) is 18.8 Å². The van der Waals surface area contributed by atoms with E-state index in [9.17, 15) is 14.4 Å². The summed E-state index contributed by atoms with van der Waals surface area (Å²) in [6.07, 6.45) is 3.62. The molecule has 0 fully saturated rings. The minimum atomic E-state index is -0.469. The van der Waals surface area contributed by atoms with Gasteiger partial charge in [0.15, 0.2) is 23.6 Å². The van der Waals surface area contributed by atoms with Crippen LogP contribution >= 0.6 is 0 Å². The lowest BCUT2D eigenvalue weighted by Gasteiger charge is -2.11. The Kier molecular flexibility index (Phi) is 8.18. The average Bonchev–Trinajstić information content (AvgIpc) is 3.35. The molecule has 11 heteroatoms. The van der Waals surface area contributed by atoms with Crippen LogP contribution < -0.4 is 11.2 Å². The number of aromatic nitrogens is 6. The van der Waals surface area contributed by atoms with Gasteiger partial charge in [-0.3, -0.25) is 19.1 Å². The second-order valence-corrected chi connectivity index (χ2v) is 8.48. The highest BCUT2D eigenvalue weighted by molar-refractivity contribution is 5.72. The number of ether oxygens (including phenoxy) is 1. The van der Waals surface area contributed by atoms with Gasteiger partial charge in [0.25, 0.3) is 11.4 Å². The van der Waals surface area contributed by atoms with Gasteiger partial charge in [0.1, 0.15) is 5.82 Å². The summed E-state index contributed by atoms with van der Waals surface area (Å²) in [5, 5.41) is 3.83. The van der Waals surface area contributed by atoms with Crippen LogP contribution in [-0.4, -0.2) is 35.2 Å². The molecule has 0 unspecified atom stereocenters. The van der Waals surface area contributed by atoms with Crippen molar-refractivity contribution in [1.82, 2.24) is 29.2 Å². The van der Waals surface area contributed by atoms with E-state index in [0.717, 1.165) is 19.3 Å². The van der Waals surface area contributed by atoms with Crippen molar-refractivity contribution < 1.29 is 14.1 Å². The standard InChI is InChI=1S/C22H32N6O5/c1-5-7-11-27-20-19(21(30)25-22(27)31)28(12-14(3)4)16(24-20)9-10-18(29)32-13-17-23-15(8-6-2)26-33-17/h14H,5-13H2,1-4H3,(H,25,30,31). The zero-order chi connectivity index (χ0) is 24.0. The van der Waals surface area contributed by atoms with Gasteiger partial charge in [-0.25, -0.2) is 9.78 Å². The average molecular weight is 461 g/mol.